The zero-order valence-corrected chi connectivity index (χ0v) is 20.5. The van der Waals surface area contributed by atoms with Gasteiger partial charge in [-0.3, -0.25) is 14.5 Å². The Balaban J connectivity index is 1.92. The predicted octanol–water partition coefficient (Wildman–Crippen LogP) is 4.43. The van der Waals surface area contributed by atoms with Crippen molar-refractivity contribution in [3.8, 4) is 0 Å². The second-order valence-electron chi connectivity index (χ2n) is 8.11. The molecule has 2 aromatic rings. The van der Waals surface area contributed by atoms with Gasteiger partial charge in [0.25, 0.3) is 11.5 Å². The molecule has 31 heavy (non-hydrogen) atoms. The van der Waals surface area contributed by atoms with E-state index in [1.807, 2.05) is 36.9 Å². The Morgan fingerprint density at radius 3 is 2.55 bits per heavy atom. The average molecular weight is 474 g/mol. The Labute approximate surface area is 196 Å². The van der Waals surface area contributed by atoms with Crippen LogP contribution >= 0.6 is 35.7 Å². The van der Waals surface area contributed by atoms with Gasteiger partial charge in [-0.2, -0.15) is 11.8 Å². The number of hydrogen-bond acceptors (Lipinski definition) is 6. The number of amides is 1. The van der Waals surface area contributed by atoms with Crippen LogP contribution < -0.4 is 10.5 Å². The lowest BCUT2D eigenvalue weighted by Crippen LogP contribution is -2.36. The van der Waals surface area contributed by atoms with E-state index in [2.05, 4.69) is 24.8 Å². The number of thiocarbonyl (C=S) groups is 1. The number of hydrogen-bond donors (Lipinski definition) is 0. The van der Waals surface area contributed by atoms with Gasteiger partial charge in [0.1, 0.15) is 4.32 Å². The van der Waals surface area contributed by atoms with E-state index in [0.29, 0.717) is 33.8 Å². The number of aryl methyl sites for hydroxylation is 1. The molecule has 0 saturated carbocycles. The fraction of sp³-hybridized carbons (Fsp3) is 0.435. The first-order valence-electron chi connectivity index (χ1n) is 10.7. The minimum absolute atomic E-state index is 0.0523. The van der Waals surface area contributed by atoms with Crippen molar-refractivity contribution in [3.05, 3.63) is 45.1 Å². The second-order valence-corrected chi connectivity index (χ2v) is 11.0. The molecule has 8 heteroatoms. The summed E-state index contributed by atoms with van der Waals surface area (Å²) >= 11 is 8.71. The Hall–Kier alpha value is -1.77. The van der Waals surface area contributed by atoms with E-state index in [1.165, 1.54) is 11.8 Å². The van der Waals surface area contributed by atoms with Gasteiger partial charge in [-0.1, -0.05) is 56.0 Å². The highest BCUT2D eigenvalue weighted by Crippen LogP contribution is 2.37. The van der Waals surface area contributed by atoms with E-state index in [9.17, 15) is 9.59 Å². The molecule has 5 nitrogen and oxygen atoms in total. The fourth-order valence-corrected chi connectivity index (χ4v) is 6.30. The normalized spacial score (nSPS) is 18.8. The van der Waals surface area contributed by atoms with E-state index in [0.717, 1.165) is 41.2 Å². The van der Waals surface area contributed by atoms with Gasteiger partial charge in [0.05, 0.1) is 21.7 Å². The van der Waals surface area contributed by atoms with Crippen molar-refractivity contribution in [1.29, 1.82) is 0 Å². The number of pyridine rings is 1. The summed E-state index contributed by atoms with van der Waals surface area (Å²) in [6, 6.07) is 8.08. The van der Waals surface area contributed by atoms with E-state index >= 15 is 0 Å². The Bertz CT molecular complexity index is 1120. The first-order valence-corrected chi connectivity index (χ1v) is 13.0. The number of nitrogens with zero attached hydrogens (tertiary/aromatic N) is 3. The lowest BCUT2D eigenvalue weighted by Gasteiger charge is -2.31. The monoisotopic (exact) mass is 473 g/mol. The molecular weight excluding hydrogens is 446 g/mol. The van der Waals surface area contributed by atoms with Gasteiger partial charge in [0.15, 0.2) is 0 Å². The second kappa shape index (κ2) is 9.38. The van der Waals surface area contributed by atoms with Gasteiger partial charge >= 0.3 is 0 Å². The summed E-state index contributed by atoms with van der Waals surface area (Å²) in [7, 11) is 0. The molecule has 1 aromatic heterocycles. The highest BCUT2D eigenvalue weighted by molar-refractivity contribution is 8.26. The zero-order chi connectivity index (χ0) is 22.1. The largest absolute Gasteiger partial charge is 0.369 e. The molecular formula is C23H27N3O2S3. The molecule has 0 spiro atoms. The Morgan fingerprint density at radius 2 is 1.87 bits per heavy atom. The summed E-state index contributed by atoms with van der Waals surface area (Å²) in [6.45, 7) is 9.06. The molecule has 3 heterocycles. The maximum atomic E-state index is 13.6. The molecule has 2 aliphatic heterocycles. The molecule has 4 rings (SSSR count). The number of aromatic nitrogens is 1. The SMILES string of the molecule is CCn1c(=O)c(C=C2SC(=S)N(CC(C)C)C2=O)c(N2CCSCC2)c2ccccc21. The van der Waals surface area contributed by atoms with Crippen molar-refractivity contribution < 1.29 is 4.79 Å². The average Bonchev–Trinajstić information content (AvgIpc) is 3.02. The highest BCUT2D eigenvalue weighted by atomic mass is 32.2. The third-order valence-corrected chi connectivity index (χ3v) is 7.84. The maximum absolute atomic E-state index is 13.6. The summed E-state index contributed by atoms with van der Waals surface area (Å²) in [5.41, 5.74) is 2.42. The zero-order valence-electron chi connectivity index (χ0n) is 18.1. The number of thioether (sulfide) groups is 2. The summed E-state index contributed by atoms with van der Waals surface area (Å²) in [6.07, 6.45) is 1.79. The van der Waals surface area contributed by atoms with Gasteiger partial charge in [-0.15, -0.1) is 0 Å². The van der Waals surface area contributed by atoms with Gasteiger partial charge in [-0.05, 0) is 25.0 Å². The van der Waals surface area contributed by atoms with Crippen molar-refractivity contribution in [1.82, 2.24) is 9.47 Å². The van der Waals surface area contributed by atoms with Crippen molar-refractivity contribution in [2.75, 3.05) is 36.0 Å². The number of anilines is 1. The third-order valence-electron chi connectivity index (χ3n) is 5.52. The van der Waals surface area contributed by atoms with Crippen molar-refractivity contribution in [2.45, 2.75) is 27.3 Å². The molecule has 2 fully saturated rings. The summed E-state index contributed by atoms with van der Waals surface area (Å²) in [5, 5.41) is 1.06. The molecule has 0 aliphatic carbocycles. The molecule has 2 saturated heterocycles. The number of benzene rings is 1. The Morgan fingerprint density at radius 1 is 1.16 bits per heavy atom. The van der Waals surface area contributed by atoms with Gasteiger partial charge in [-0.25, -0.2) is 0 Å². The first kappa shape index (κ1) is 22.4. The fourth-order valence-electron chi connectivity index (χ4n) is 4.14. The van der Waals surface area contributed by atoms with Crippen LogP contribution in [0.5, 0.6) is 0 Å². The third kappa shape index (κ3) is 4.30. The number of para-hydroxylation sites is 1. The molecule has 0 radical (unpaired) electrons. The van der Waals surface area contributed by atoms with E-state index in [1.54, 1.807) is 15.5 Å². The van der Waals surface area contributed by atoms with Crippen LogP contribution in [0.15, 0.2) is 34.0 Å². The number of carbonyl (C=O) groups excluding carboxylic acids is 1. The van der Waals surface area contributed by atoms with Crippen molar-refractivity contribution >= 4 is 68.6 Å². The molecule has 0 N–H and O–H groups in total. The van der Waals surface area contributed by atoms with E-state index in [-0.39, 0.29) is 11.5 Å². The maximum Gasteiger partial charge on any atom is 0.266 e. The molecule has 0 bridgehead atoms. The summed E-state index contributed by atoms with van der Waals surface area (Å²) < 4.78 is 2.37. The van der Waals surface area contributed by atoms with Crippen LogP contribution in [-0.4, -0.2) is 50.8 Å². The van der Waals surface area contributed by atoms with Crippen LogP contribution in [-0.2, 0) is 11.3 Å². The molecule has 164 valence electrons. The lowest BCUT2D eigenvalue weighted by atomic mass is 10.1. The highest BCUT2D eigenvalue weighted by Gasteiger charge is 2.33. The lowest BCUT2D eigenvalue weighted by molar-refractivity contribution is -0.122. The molecule has 0 atom stereocenters. The minimum Gasteiger partial charge on any atom is -0.369 e. The standard InChI is InChI=1S/C23H27N3O2S3/c1-4-25-18-8-6-5-7-16(18)20(24-9-11-30-12-10-24)17(21(25)27)13-19-22(28)26(14-15(2)3)23(29)31-19/h5-8,13,15H,4,9-12,14H2,1-3H3. The van der Waals surface area contributed by atoms with Crippen LogP contribution in [0.1, 0.15) is 26.3 Å². The Kier molecular flexibility index (Phi) is 6.79. The van der Waals surface area contributed by atoms with Crippen molar-refractivity contribution in [2.24, 2.45) is 5.92 Å². The van der Waals surface area contributed by atoms with Gasteiger partial charge in [0, 0.05) is 43.1 Å². The van der Waals surface area contributed by atoms with Crippen LogP contribution in [0.4, 0.5) is 5.69 Å². The smallest absolute Gasteiger partial charge is 0.266 e. The van der Waals surface area contributed by atoms with E-state index in [4.69, 9.17) is 12.2 Å². The quantitative estimate of drug-likeness (QED) is 0.473. The van der Waals surface area contributed by atoms with Crippen molar-refractivity contribution in [3.63, 3.8) is 0 Å². The van der Waals surface area contributed by atoms with Crippen LogP contribution in [0.25, 0.3) is 17.0 Å². The van der Waals surface area contributed by atoms with Gasteiger partial charge < -0.3 is 9.47 Å². The molecule has 1 aromatic carbocycles. The first-order chi connectivity index (χ1) is 14.9. The van der Waals surface area contributed by atoms with Crippen LogP contribution in [0.3, 0.4) is 0 Å². The summed E-state index contributed by atoms with van der Waals surface area (Å²) in [4.78, 5) is 31.2. The molecule has 1 amide bonds. The topological polar surface area (TPSA) is 45.6 Å². The summed E-state index contributed by atoms with van der Waals surface area (Å²) in [5.74, 6) is 2.28. The van der Waals surface area contributed by atoms with Crippen LogP contribution in [0, 0.1) is 5.92 Å². The predicted molar refractivity (Wildman–Crippen MR) is 138 cm³/mol. The number of carbonyl (C=O) groups is 1. The van der Waals surface area contributed by atoms with Gasteiger partial charge in [0.2, 0.25) is 0 Å². The van der Waals surface area contributed by atoms with Crippen LogP contribution in [0.2, 0.25) is 0 Å². The number of fused-ring (bicyclic) bond motifs is 1. The molecule has 0 unspecified atom stereocenters. The minimum atomic E-state index is -0.0977. The molecule has 2 aliphatic rings. The van der Waals surface area contributed by atoms with E-state index < -0.39 is 0 Å². The number of rotatable bonds is 5.